The van der Waals surface area contributed by atoms with Crippen molar-refractivity contribution < 1.29 is 9.53 Å². The van der Waals surface area contributed by atoms with Crippen LogP contribution < -0.4 is 4.74 Å². The number of unbranched alkanes of at least 4 members (excludes halogenated alkanes) is 2. The zero-order valence-corrected chi connectivity index (χ0v) is 19.1. The summed E-state index contributed by atoms with van der Waals surface area (Å²) in [6.45, 7) is 4.91. The van der Waals surface area contributed by atoms with Gasteiger partial charge in [0.1, 0.15) is 5.75 Å². The molecule has 0 radical (unpaired) electrons. The number of ketones is 1. The van der Waals surface area contributed by atoms with Gasteiger partial charge in [-0.2, -0.15) is 0 Å². The van der Waals surface area contributed by atoms with E-state index in [1.807, 2.05) is 18.2 Å². The number of carbonyl (C=O) groups is 1. The molecule has 1 heterocycles. The molecule has 162 valence electrons. The minimum absolute atomic E-state index is 0.265. The minimum Gasteiger partial charge on any atom is -0.493 e. The predicted octanol–water partition coefficient (Wildman–Crippen LogP) is 6.15. The van der Waals surface area contributed by atoms with E-state index in [2.05, 4.69) is 37.1 Å². The molecule has 1 aliphatic rings. The maximum absolute atomic E-state index is 12.8. The second kappa shape index (κ2) is 11.5. The molecule has 0 saturated carbocycles. The number of carbonyl (C=O) groups excluding carboxylic acids is 1. The molecule has 3 rings (SSSR count). The topological polar surface area (TPSA) is 29.5 Å². The number of aryl methyl sites for hydroxylation is 1. The zero-order chi connectivity index (χ0) is 21.3. The molecule has 0 aromatic heterocycles. The zero-order valence-electron chi connectivity index (χ0n) is 18.4. The van der Waals surface area contributed by atoms with Crippen molar-refractivity contribution in [2.75, 3.05) is 26.7 Å². The highest BCUT2D eigenvalue weighted by Crippen LogP contribution is 2.32. The first-order chi connectivity index (χ1) is 14.6. The molecule has 0 unspecified atom stereocenters. The second-order valence-corrected chi connectivity index (χ2v) is 8.76. The second-order valence-electron chi connectivity index (χ2n) is 8.35. The minimum atomic E-state index is 0.265. The first-order valence-corrected chi connectivity index (χ1v) is 11.7. The van der Waals surface area contributed by atoms with Crippen LogP contribution in [0.3, 0.4) is 0 Å². The van der Waals surface area contributed by atoms with E-state index in [0.29, 0.717) is 6.42 Å². The van der Waals surface area contributed by atoms with E-state index in [4.69, 9.17) is 16.3 Å². The molecule has 1 aliphatic heterocycles. The third kappa shape index (κ3) is 6.33. The molecule has 2 aromatic rings. The van der Waals surface area contributed by atoms with Gasteiger partial charge in [0, 0.05) is 30.0 Å². The summed E-state index contributed by atoms with van der Waals surface area (Å²) in [7, 11) is 2.14. The van der Waals surface area contributed by atoms with Gasteiger partial charge >= 0.3 is 0 Å². The van der Waals surface area contributed by atoms with Crippen molar-refractivity contribution in [3.05, 3.63) is 63.7 Å². The molecule has 0 amide bonds. The van der Waals surface area contributed by atoms with Gasteiger partial charge in [-0.1, -0.05) is 43.1 Å². The number of rotatable bonds is 12. The molecule has 4 heteroatoms. The van der Waals surface area contributed by atoms with Crippen LogP contribution in [0, 0.1) is 0 Å². The van der Waals surface area contributed by atoms with Gasteiger partial charge in [-0.05, 0) is 80.6 Å². The van der Waals surface area contributed by atoms with Crippen molar-refractivity contribution in [3.8, 4) is 5.75 Å². The van der Waals surface area contributed by atoms with Gasteiger partial charge in [-0.15, -0.1) is 0 Å². The van der Waals surface area contributed by atoms with Crippen molar-refractivity contribution in [1.29, 1.82) is 0 Å². The monoisotopic (exact) mass is 427 g/mol. The molecule has 0 aliphatic carbocycles. The summed E-state index contributed by atoms with van der Waals surface area (Å²) in [5.41, 5.74) is 4.50. The number of ether oxygens (including phenoxy) is 1. The van der Waals surface area contributed by atoms with Crippen molar-refractivity contribution in [3.63, 3.8) is 0 Å². The Bertz CT molecular complexity index is 849. The van der Waals surface area contributed by atoms with Crippen LogP contribution in [-0.4, -0.2) is 37.4 Å². The summed E-state index contributed by atoms with van der Waals surface area (Å²) in [4.78, 5) is 15.1. The molecule has 0 atom stereocenters. The number of benzene rings is 2. The van der Waals surface area contributed by atoms with Gasteiger partial charge in [0.05, 0.1) is 6.61 Å². The summed E-state index contributed by atoms with van der Waals surface area (Å²) < 4.78 is 5.82. The number of hydrogen-bond acceptors (Lipinski definition) is 3. The fourth-order valence-electron chi connectivity index (χ4n) is 4.04. The Morgan fingerprint density at radius 2 is 1.90 bits per heavy atom. The van der Waals surface area contributed by atoms with Gasteiger partial charge in [0.15, 0.2) is 5.78 Å². The molecule has 0 saturated heterocycles. The number of nitrogens with zero attached hydrogens (tertiary/aromatic N) is 1. The summed E-state index contributed by atoms with van der Waals surface area (Å²) in [6, 6.07) is 12.2. The highest BCUT2D eigenvalue weighted by Gasteiger charge is 2.19. The van der Waals surface area contributed by atoms with E-state index < -0.39 is 0 Å². The Morgan fingerprint density at radius 1 is 1.07 bits per heavy atom. The van der Waals surface area contributed by atoms with Gasteiger partial charge in [-0.3, -0.25) is 4.79 Å². The lowest BCUT2D eigenvalue weighted by molar-refractivity contribution is 0.0978. The van der Waals surface area contributed by atoms with Crippen LogP contribution in [-0.2, 0) is 19.3 Å². The summed E-state index contributed by atoms with van der Waals surface area (Å²) >= 11 is 6.24. The van der Waals surface area contributed by atoms with E-state index in [1.165, 1.54) is 16.7 Å². The third-order valence-electron chi connectivity index (χ3n) is 5.90. The van der Waals surface area contributed by atoms with Crippen molar-refractivity contribution in [2.24, 2.45) is 0 Å². The SMILES string of the molecule is CCCCc1cc(C(=O)CCCCN(C)CCc2ccccc2Cl)cc2c1OCC2. The average Bonchev–Trinajstić information content (AvgIpc) is 3.23. The molecule has 30 heavy (non-hydrogen) atoms. The largest absolute Gasteiger partial charge is 0.493 e. The van der Waals surface area contributed by atoms with Crippen LogP contribution in [0.4, 0.5) is 0 Å². The lowest BCUT2D eigenvalue weighted by Gasteiger charge is -2.17. The van der Waals surface area contributed by atoms with Crippen molar-refractivity contribution in [1.82, 2.24) is 4.90 Å². The molecule has 0 bridgehead atoms. The Kier molecular flexibility index (Phi) is 8.77. The van der Waals surface area contributed by atoms with E-state index in [0.717, 1.165) is 81.0 Å². The van der Waals surface area contributed by atoms with E-state index in [1.54, 1.807) is 0 Å². The molecule has 2 aromatic carbocycles. The van der Waals surface area contributed by atoms with Gasteiger partial charge in [0.25, 0.3) is 0 Å². The molecular formula is C26H34ClNO2. The van der Waals surface area contributed by atoms with Crippen molar-refractivity contribution in [2.45, 2.75) is 58.3 Å². The number of likely N-dealkylation sites (N-methyl/N-ethyl adjacent to an activating group) is 1. The standard InChI is InChI=1S/C26H34ClNO2/c1-3-4-9-21-18-23(19-22-14-17-30-26(21)22)25(29)12-7-8-15-28(2)16-13-20-10-5-6-11-24(20)27/h5-6,10-11,18-19H,3-4,7-9,12-17H2,1-2H3. The van der Waals surface area contributed by atoms with E-state index >= 15 is 0 Å². The van der Waals surface area contributed by atoms with Crippen LogP contribution in [0.2, 0.25) is 5.02 Å². The van der Waals surface area contributed by atoms with Crippen LogP contribution in [0.15, 0.2) is 36.4 Å². The predicted molar refractivity (Wildman–Crippen MR) is 125 cm³/mol. The smallest absolute Gasteiger partial charge is 0.162 e. The van der Waals surface area contributed by atoms with Crippen LogP contribution in [0.1, 0.15) is 66.1 Å². The Labute approximate surface area is 186 Å². The number of Topliss-reactive ketones (excluding diaryl/α,β-unsaturated/α-hetero) is 1. The highest BCUT2D eigenvalue weighted by atomic mass is 35.5. The Morgan fingerprint density at radius 3 is 2.70 bits per heavy atom. The van der Waals surface area contributed by atoms with Gasteiger partial charge in [-0.25, -0.2) is 0 Å². The maximum atomic E-state index is 12.8. The number of hydrogen-bond donors (Lipinski definition) is 0. The molecule has 0 spiro atoms. The van der Waals surface area contributed by atoms with E-state index in [9.17, 15) is 4.79 Å². The van der Waals surface area contributed by atoms with E-state index in [-0.39, 0.29) is 5.78 Å². The van der Waals surface area contributed by atoms with Crippen LogP contribution in [0.5, 0.6) is 5.75 Å². The summed E-state index contributed by atoms with van der Waals surface area (Å²) in [5.74, 6) is 1.31. The lowest BCUT2D eigenvalue weighted by Crippen LogP contribution is -2.22. The normalized spacial score (nSPS) is 12.8. The number of fused-ring (bicyclic) bond motifs is 1. The van der Waals surface area contributed by atoms with Crippen LogP contribution in [0.25, 0.3) is 0 Å². The fraction of sp³-hybridized carbons (Fsp3) is 0.500. The highest BCUT2D eigenvalue weighted by molar-refractivity contribution is 6.31. The summed E-state index contributed by atoms with van der Waals surface area (Å²) in [5, 5.41) is 0.842. The lowest BCUT2D eigenvalue weighted by atomic mass is 9.96. The average molecular weight is 428 g/mol. The fourth-order valence-corrected chi connectivity index (χ4v) is 4.27. The number of halogens is 1. The molecule has 3 nitrogen and oxygen atoms in total. The maximum Gasteiger partial charge on any atom is 0.162 e. The quantitative estimate of drug-likeness (QED) is 0.300. The Hall–Kier alpha value is -1.84. The first-order valence-electron chi connectivity index (χ1n) is 11.3. The Balaban J connectivity index is 1.44. The first kappa shape index (κ1) is 22.8. The van der Waals surface area contributed by atoms with Crippen molar-refractivity contribution >= 4 is 17.4 Å². The van der Waals surface area contributed by atoms with Crippen LogP contribution >= 0.6 is 11.6 Å². The molecule has 0 N–H and O–H groups in total. The molecule has 0 fully saturated rings. The summed E-state index contributed by atoms with van der Waals surface area (Å²) in [6.07, 6.45) is 7.72. The van der Waals surface area contributed by atoms with Gasteiger partial charge in [0.2, 0.25) is 0 Å². The third-order valence-corrected chi connectivity index (χ3v) is 6.27. The molecular weight excluding hydrogens is 394 g/mol. The van der Waals surface area contributed by atoms with Gasteiger partial charge < -0.3 is 9.64 Å².